The van der Waals surface area contributed by atoms with Crippen molar-refractivity contribution in [2.45, 2.75) is 70.4 Å². The molecule has 0 saturated carbocycles. The number of nitrogens with two attached hydrogens (primary N) is 1. The molecule has 2 heterocycles. The van der Waals surface area contributed by atoms with Gasteiger partial charge in [-0.05, 0) is 73.7 Å². The summed E-state index contributed by atoms with van der Waals surface area (Å²) in [7, 11) is 0. The third-order valence-electron chi connectivity index (χ3n) is 8.57. The second kappa shape index (κ2) is 15.5. The number of unbranched alkanes of at least 4 members (excludes halogenated alkanes) is 2. The number of aliphatic hydroxyl groups excluding tert-OH is 1. The molecule has 47 heavy (non-hydrogen) atoms. The minimum absolute atomic E-state index is 0.135. The van der Waals surface area contributed by atoms with E-state index in [9.17, 15) is 19.2 Å². The molecule has 1 aliphatic heterocycles. The van der Waals surface area contributed by atoms with Gasteiger partial charge in [0, 0.05) is 25.3 Å². The number of rotatable bonds is 13. The molecule has 10 nitrogen and oxygen atoms in total. The van der Waals surface area contributed by atoms with Gasteiger partial charge in [-0.25, -0.2) is 9.40 Å². The van der Waals surface area contributed by atoms with E-state index in [0.717, 1.165) is 36.8 Å². The molecule has 0 saturated heterocycles. The maximum Gasteiger partial charge on any atom is 0.274 e. The van der Waals surface area contributed by atoms with Crippen LogP contribution in [0.1, 0.15) is 77.2 Å². The number of nitrogen functional groups attached to an aromatic ring is 1. The Kier molecular flexibility index (Phi) is 11.2. The SMILES string of the molecule is CCCCN(CCCC)C(=O)c1cc(C)n(-c2ccc(N[S+]([O-])c3ccccc3N)cc2C(=O)N2Cc3ccccc3C[C@H]2CO)n1. The Balaban J connectivity index is 1.54. The zero-order valence-electron chi connectivity index (χ0n) is 27.3. The lowest BCUT2D eigenvalue weighted by atomic mass is 9.93. The van der Waals surface area contributed by atoms with E-state index >= 15 is 0 Å². The second-order valence-corrected chi connectivity index (χ2v) is 13.1. The lowest BCUT2D eigenvalue weighted by Gasteiger charge is -2.36. The number of carbonyl (C=O) groups excluding carboxylic acids is 2. The van der Waals surface area contributed by atoms with Crippen LogP contribution in [-0.4, -0.2) is 66.8 Å². The molecule has 248 valence electrons. The van der Waals surface area contributed by atoms with Gasteiger partial charge in [0.15, 0.2) is 5.69 Å². The number of fused-ring (bicyclic) bond motifs is 1. The number of carbonyl (C=O) groups is 2. The van der Waals surface area contributed by atoms with Crippen molar-refractivity contribution in [1.82, 2.24) is 19.6 Å². The molecule has 1 aliphatic rings. The van der Waals surface area contributed by atoms with Gasteiger partial charge in [0.25, 0.3) is 11.8 Å². The third kappa shape index (κ3) is 7.64. The molecule has 5 rings (SSSR count). The molecule has 2 amide bonds. The summed E-state index contributed by atoms with van der Waals surface area (Å²) in [6, 6.07) is 21.3. The van der Waals surface area contributed by atoms with E-state index in [2.05, 4.69) is 18.6 Å². The van der Waals surface area contributed by atoms with Crippen LogP contribution in [0.25, 0.3) is 5.69 Å². The Morgan fingerprint density at radius 2 is 1.70 bits per heavy atom. The fourth-order valence-electron chi connectivity index (χ4n) is 5.91. The lowest BCUT2D eigenvalue weighted by molar-refractivity contribution is 0.0544. The number of aromatic nitrogens is 2. The first-order valence-electron chi connectivity index (χ1n) is 16.3. The number of amides is 2. The number of hydrogen-bond acceptors (Lipinski definition) is 7. The maximum absolute atomic E-state index is 14.5. The standard InChI is InChI=1S/C36H44N6O4S/c1-4-6-18-40(19-7-5-2)36(45)32-20-25(3)42(38-32)33-17-16-28(39-47(46)34-15-11-10-14-31(34)37)22-30(33)35(44)41-23-27-13-9-8-12-26(27)21-29(41)24-43/h8-17,20,22,29,39,43H,4-7,18-19,21,23-24,37H2,1-3H3/t29-,47?/m0/s1. The highest BCUT2D eigenvalue weighted by atomic mass is 32.2. The van der Waals surface area contributed by atoms with Crippen LogP contribution in [0.4, 0.5) is 11.4 Å². The molecule has 4 N–H and O–H groups in total. The lowest BCUT2D eigenvalue weighted by Crippen LogP contribution is -2.46. The first kappa shape index (κ1) is 34.0. The summed E-state index contributed by atoms with van der Waals surface area (Å²) in [6.45, 7) is 7.51. The minimum Gasteiger partial charge on any atom is -0.588 e. The molecule has 4 aromatic rings. The number of hydrogen-bond donors (Lipinski definition) is 3. The van der Waals surface area contributed by atoms with Crippen LogP contribution in [0.15, 0.2) is 77.7 Å². The Hall–Kier alpha value is -4.32. The van der Waals surface area contributed by atoms with Crippen molar-refractivity contribution in [2.24, 2.45) is 0 Å². The number of nitrogens with one attached hydrogen (secondary N) is 1. The summed E-state index contributed by atoms with van der Waals surface area (Å²) in [6.07, 6.45) is 4.29. The van der Waals surface area contributed by atoms with E-state index in [-0.39, 0.29) is 18.4 Å². The fourth-order valence-corrected chi connectivity index (χ4v) is 6.84. The average molecular weight is 657 g/mol. The van der Waals surface area contributed by atoms with Gasteiger partial charge >= 0.3 is 0 Å². The highest BCUT2D eigenvalue weighted by molar-refractivity contribution is 7.92. The van der Waals surface area contributed by atoms with Crippen LogP contribution in [0.3, 0.4) is 0 Å². The van der Waals surface area contributed by atoms with E-state index in [1.807, 2.05) is 36.1 Å². The minimum atomic E-state index is -1.69. The number of aryl methyl sites for hydroxylation is 1. The van der Waals surface area contributed by atoms with Gasteiger partial charge in [-0.3, -0.25) is 9.59 Å². The highest BCUT2D eigenvalue weighted by Crippen LogP contribution is 2.30. The van der Waals surface area contributed by atoms with Gasteiger partial charge in [-0.2, -0.15) is 5.10 Å². The predicted molar refractivity (Wildman–Crippen MR) is 186 cm³/mol. The van der Waals surface area contributed by atoms with Gasteiger partial charge in [0.1, 0.15) is 11.4 Å². The van der Waals surface area contributed by atoms with Crippen LogP contribution in [0.2, 0.25) is 0 Å². The van der Waals surface area contributed by atoms with Crippen molar-refractivity contribution in [3.05, 3.63) is 101 Å². The molecule has 0 aliphatic carbocycles. The second-order valence-electron chi connectivity index (χ2n) is 12.0. The Bertz CT molecular complexity index is 1700. The molecule has 1 aromatic heterocycles. The first-order chi connectivity index (χ1) is 22.7. The van der Waals surface area contributed by atoms with Gasteiger partial charge < -0.3 is 25.2 Å². The zero-order valence-corrected chi connectivity index (χ0v) is 28.1. The van der Waals surface area contributed by atoms with Crippen molar-refractivity contribution >= 4 is 34.6 Å². The van der Waals surface area contributed by atoms with Crippen molar-refractivity contribution < 1.29 is 19.2 Å². The molecule has 3 aromatic carbocycles. The Labute approximate surface area is 279 Å². The molecule has 0 bridgehead atoms. The smallest absolute Gasteiger partial charge is 0.274 e. The largest absolute Gasteiger partial charge is 0.588 e. The summed E-state index contributed by atoms with van der Waals surface area (Å²) < 4.78 is 17.9. The Morgan fingerprint density at radius 1 is 1.02 bits per heavy atom. The molecular weight excluding hydrogens is 613 g/mol. The molecule has 11 heteroatoms. The number of anilines is 2. The number of nitrogens with zero attached hydrogens (tertiary/aromatic N) is 4. The van der Waals surface area contributed by atoms with E-state index in [1.54, 1.807) is 58.1 Å². The summed E-state index contributed by atoms with van der Waals surface area (Å²) in [5, 5.41) is 15.1. The first-order valence-corrected chi connectivity index (χ1v) is 17.4. The van der Waals surface area contributed by atoms with Crippen LogP contribution in [-0.2, 0) is 24.3 Å². The summed E-state index contributed by atoms with van der Waals surface area (Å²) in [4.78, 5) is 32.1. The van der Waals surface area contributed by atoms with Crippen molar-refractivity contribution in [3.8, 4) is 5.69 Å². The summed E-state index contributed by atoms with van der Waals surface area (Å²) in [5.74, 6) is -0.443. The van der Waals surface area contributed by atoms with Crippen LogP contribution < -0.4 is 10.5 Å². The van der Waals surface area contributed by atoms with Gasteiger partial charge in [0.05, 0.1) is 35.3 Å². The number of para-hydroxylation sites is 1. The molecule has 0 fully saturated rings. The third-order valence-corrected chi connectivity index (χ3v) is 9.76. The van der Waals surface area contributed by atoms with Crippen molar-refractivity contribution in [2.75, 3.05) is 30.2 Å². The molecular formula is C36H44N6O4S. The van der Waals surface area contributed by atoms with Crippen LogP contribution >= 0.6 is 0 Å². The summed E-state index contributed by atoms with van der Waals surface area (Å²) >= 11 is -1.69. The Morgan fingerprint density at radius 3 is 2.38 bits per heavy atom. The maximum atomic E-state index is 14.5. The average Bonchev–Trinajstić information content (AvgIpc) is 3.48. The normalized spacial score (nSPS) is 14.8. The predicted octanol–water partition coefficient (Wildman–Crippen LogP) is 5.50. The van der Waals surface area contributed by atoms with E-state index in [0.29, 0.717) is 65.0 Å². The van der Waals surface area contributed by atoms with Crippen LogP contribution in [0.5, 0.6) is 0 Å². The van der Waals surface area contributed by atoms with Crippen molar-refractivity contribution in [3.63, 3.8) is 0 Å². The topological polar surface area (TPSA) is 140 Å². The van der Waals surface area contributed by atoms with E-state index in [1.165, 1.54) is 0 Å². The monoisotopic (exact) mass is 656 g/mol. The van der Waals surface area contributed by atoms with E-state index in [4.69, 9.17) is 10.8 Å². The number of aliphatic hydroxyl groups is 1. The highest BCUT2D eigenvalue weighted by Gasteiger charge is 2.32. The van der Waals surface area contributed by atoms with Gasteiger partial charge in [-0.1, -0.05) is 63.1 Å². The molecule has 1 unspecified atom stereocenters. The van der Waals surface area contributed by atoms with E-state index < -0.39 is 17.4 Å². The zero-order chi connectivity index (χ0) is 33.5. The molecule has 0 spiro atoms. The van der Waals surface area contributed by atoms with Crippen LogP contribution in [0, 0.1) is 6.92 Å². The molecule has 2 atom stereocenters. The summed E-state index contributed by atoms with van der Waals surface area (Å²) in [5.41, 5.74) is 10.8. The quantitative estimate of drug-likeness (QED) is 0.128. The fraction of sp³-hybridized carbons (Fsp3) is 0.361. The number of benzene rings is 3. The van der Waals surface area contributed by atoms with Gasteiger partial charge in [0.2, 0.25) is 4.90 Å². The van der Waals surface area contributed by atoms with Crippen molar-refractivity contribution in [1.29, 1.82) is 0 Å². The molecule has 0 radical (unpaired) electrons. The van der Waals surface area contributed by atoms with Gasteiger partial charge in [-0.15, -0.1) is 0 Å².